The zero-order chi connectivity index (χ0) is 15.9. The minimum absolute atomic E-state index is 0.300. The van der Waals surface area contributed by atoms with Crippen LogP contribution in [-0.2, 0) is 9.53 Å². The van der Waals surface area contributed by atoms with Crippen LogP contribution >= 0.6 is 0 Å². The third kappa shape index (κ3) is 4.24. The van der Waals surface area contributed by atoms with Gasteiger partial charge in [-0.1, -0.05) is 12.1 Å². The topological polar surface area (TPSA) is 90.6 Å². The highest BCUT2D eigenvalue weighted by Gasteiger charge is 2.10. The van der Waals surface area contributed by atoms with Crippen LogP contribution in [0, 0.1) is 0 Å². The minimum Gasteiger partial charge on any atom is -0.497 e. The Labute approximate surface area is 127 Å². The lowest BCUT2D eigenvalue weighted by molar-refractivity contribution is -0.119. The van der Waals surface area contributed by atoms with Crippen molar-refractivity contribution in [3.63, 3.8) is 0 Å². The van der Waals surface area contributed by atoms with E-state index in [1.54, 1.807) is 42.5 Å². The fraction of sp³-hybridized carbons (Fsp3) is 0.125. The van der Waals surface area contributed by atoms with Crippen LogP contribution in [0.4, 0.5) is 11.4 Å². The van der Waals surface area contributed by atoms with E-state index in [2.05, 4.69) is 5.32 Å². The smallest absolute Gasteiger partial charge is 0.338 e. The number of carbonyl (C=O) groups is 2. The minimum atomic E-state index is -0.604. The number of rotatable bonds is 5. The average molecular weight is 300 g/mol. The third-order valence-corrected chi connectivity index (χ3v) is 2.81. The van der Waals surface area contributed by atoms with Crippen molar-refractivity contribution in [2.24, 2.45) is 0 Å². The van der Waals surface area contributed by atoms with Gasteiger partial charge in [0.05, 0.1) is 12.7 Å². The van der Waals surface area contributed by atoms with Crippen LogP contribution in [0.5, 0.6) is 5.75 Å². The fourth-order valence-corrected chi connectivity index (χ4v) is 1.78. The van der Waals surface area contributed by atoms with Crippen molar-refractivity contribution in [1.29, 1.82) is 0 Å². The number of amides is 1. The molecule has 114 valence electrons. The highest BCUT2D eigenvalue weighted by Crippen LogP contribution is 2.16. The van der Waals surface area contributed by atoms with Crippen molar-refractivity contribution in [2.75, 3.05) is 24.8 Å². The molecule has 0 fully saturated rings. The summed E-state index contributed by atoms with van der Waals surface area (Å²) in [7, 11) is 1.54. The monoisotopic (exact) mass is 300 g/mol. The summed E-state index contributed by atoms with van der Waals surface area (Å²) in [4.78, 5) is 23.5. The van der Waals surface area contributed by atoms with Gasteiger partial charge in [0.15, 0.2) is 6.61 Å². The molecule has 0 saturated heterocycles. The van der Waals surface area contributed by atoms with Crippen molar-refractivity contribution in [2.45, 2.75) is 0 Å². The molecule has 0 spiro atoms. The summed E-state index contributed by atoms with van der Waals surface area (Å²) in [6, 6.07) is 13.2. The van der Waals surface area contributed by atoms with Crippen molar-refractivity contribution in [1.82, 2.24) is 0 Å². The number of methoxy groups -OCH3 is 1. The zero-order valence-electron chi connectivity index (χ0n) is 12.0. The summed E-state index contributed by atoms with van der Waals surface area (Å²) in [6.07, 6.45) is 0. The zero-order valence-corrected chi connectivity index (χ0v) is 12.0. The van der Waals surface area contributed by atoms with E-state index < -0.39 is 11.9 Å². The predicted octanol–water partition coefficient (Wildman–Crippen LogP) is 2.07. The Kier molecular flexibility index (Phi) is 4.98. The largest absolute Gasteiger partial charge is 0.497 e. The molecule has 0 saturated carbocycles. The van der Waals surface area contributed by atoms with Gasteiger partial charge in [-0.2, -0.15) is 0 Å². The van der Waals surface area contributed by atoms with Crippen LogP contribution in [0.2, 0.25) is 0 Å². The second-order valence-electron chi connectivity index (χ2n) is 4.48. The Morgan fingerprint density at radius 3 is 2.64 bits per heavy atom. The Bertz CT molecular complexity index is 685. The van der Waals surface area contributed by atoms with Crippen LogP contribution in [0.25, 0.3) is 0 Å². The van der Waals surface area contributed by atoms with Crippen LogP contribution < -0.4 is 15.8 Å². The number of ether oxygens (including phenoxy) is 2. The summed E-state index contributed by atoms with van der Waals surface area (Å²) in [5.41, 5.74) is 6.90. The molecular formula is C16H16N2O4. The molecule has 0 aromatic heterocycles. The number of carbonyl (C=O) groups excluding carboxylic acids is 2. The molecule has 0 atom stereocenters. The van der Waals surface area contributed by atoms with E-state index in [0.717, 1.165) is 0 Å². The lowest BCUT2D eigenvalue weighted by Gasteiger charge is -2.08. The summed E-state index contributed by atoms with van der Waals surface area (Å²) >= 11 is 0. The molecule has 0 radical (unpaired) electrons. The van der Waals surface area contributed by atoms with Crippen molar-refractivity contribution >= 4 is 23.3 Å². The van der Waals surface area contributed by atoms with Crippen molar-refractivity contribution in [3.8, 4) is 5.75 Å². The fourth-order valence-electron chi connectivity index (χ4n) is 1.78. The molecule has 3 N–H and O–H groups in total. The quantitative estimate of drug-likeness (QED) is 0.651. The van der Waals surface area contributed by atoms with Gasteiger partial charge in [0.25, 0.3) is 5.91 Å². The highest BCUT2D eigenvalue weighted by molar-refractivity contribution is 5.95. The van der Waals surface area contributed by atoms with E-state index in [1.165, 1.54) is 13.2 Å². The van der Waals surface area contributed by atoms with E-state index in [0.29, 0.717) is 22.7 Å². The summed E-state index contributed by atoms with van der Waals surface area (Å²) in [5.74, 6) is -0.423. The van der Waals surface area contributed by atoms with E-state index >= 15 is 0 Å². The molecule has 6 heteroatoms. The number of hydrogen-bond acceptors (Lipinski definition) is 5. The molecule has 2 aromatic carbocycles. The Hall–Kier alpha value is -3.02. The number of benzene rings is 2. The lowest BCUT2D eigenvalue weighted by atomic mass is 10.2. The summed E-state index contributed by atoms with van der Waals surface area (Å²) < 4.78 is 9.99. The highest BCUT2D eigenvalue weighted by atomic mass is 16.5. The van der Waals surface area contributed by atoms with Gasteiger partial charge < -0.3 is 20.5 Å². The molecule has 2 rings (SSSR count). The SMILES string of the molecule is COc1cccc(NC(=O)COC(=O)c2cccc(N)c2)c1. The molecule has 0 aliphatic carbocycles. The molecule has 0 unspecified atom stereocenters. The van der Waals surface area contributed by atoms with E-state index in [-0.39, 0.29) is 6.61 Å². The Morgan fingerprint density at radius 1 is 1.14 bits per heavy atom. The molecule has 2 aromatic rings. The number of nitrogens with two attached hydrogens (primary N) is 1. The maximum atomic E-state index is 11.8. The van der Waals surface area contributed by atoms with Gasteiger partial charge >= 0.3 is 5.97 Å². The average Bonchev–Trinajstić information content (AvgIpc) is 2.52. The van der Waals surface area contributed by atoms with Gasteiger partial charge in [0.1, 0.15) is 5.75 Å². The Balaban J connectivity index is 1.88. The second kappa shape index (κ2) is 7.12. The van der Waals surface area contributed by atoms with Gasteiger partial charge in [0, 0.05) is 17.4 Å². The lowest BCUT2D eigenvalue weighted by Crippen LogP contribution is -2.21. The van der Waals surface area contributed by atoms with E-state index in [4.69, 9.17) is 15.2 Å². The first kappa shape index (κ1) is 15.4. The van der Waals surface area contributed by atoms with Crippen molar-refractivity contribution < 1.29 is 19.1 Å². The molecule has 0 aliphatic heterocycles. The molecule has 0 aliphatic rings. The van der Waals surface area contributed by atoms with Gasteiger partial charge in [-0.3, -0.25) is 4.79 Å². The van der Waals surface area contributed by atoms with Crippen LogP contribution in [0.1, 0.15) is 10.4 Å². The maximum absolute atomic E-state index is 11.8. The second-order valence-corrected chi connectivity index (χ2v) is 4.48. The van der Waals surface area contributed by atoms with Crippen LogP contribution in [0.15, 0.2) is 48.5 Å². The van der Waals surface area contributed by atoms with Crippen LogP contribution in [0.3, 0.4) is 0 Å². The van der Waals surface area contributed by atoms with Gasteiger partial charge in [-0.15, -0.1) is 0 Å². The summed E-state index contributed by atoms with van der Waals surface area (Å²) in [6.45, 7) is -0.384. The Morgan fingerprint density at radius 2 is 1.91 bits per heavy atom. The number of esters is 1. The molecule has 0 bridgehead atoms. The van der Waals surface area contributed by atoms with Gasteiger partial charge in [0.2, 0.25) is 0 Å². The molecule has 1 amide bonds. The molecule has 22 heavy (non-hydrogen) atoms. The molecule has 6 nitrogen and oxygen atoms in total. The first-order chi connectivity index (χ1) is 10.6. The maximum Gasteiger partial charge on any atom is 0.338 e. The molecule has 0 heterocycles. The standard InChI is InChI=1S/C16H16N2O4/c1-21-14-7-3-6-13(9-14)18-15(19)10-22-16(20)11-4-2-5-12(17)8-11/h2-9H,10,17H2,1H3,(H,18,19). The van der Waals surface area contributed by atoms with Crippen LogP contribution in [-0.4, -0.2) is 25.6 Å². The number of nitrogen functional groups attached to an aromatic ring is 1. The number of anilines is 2. The first-order valence-corrected chi connectivity index (χ1v) is 6.55. The van der Waals surface area contributed by atoms with Gasteiger partial charge in [-0.05, 0) is 30.3 Å². The van der Waals surface area contributed by atoms with Gasteiger partial charge in [-0.25, -0.2) is 4.79 Å². The summed E-state index contributed by atoms with van der Waals surface area (Å²) in [5, 5.41) is 2.61. The normalized spacial score (nSPS) is 9.86. The predicted molar refractivity (Wildman–Crippen MR) is 82.8 cm³/mol. The first-order valence-electron chi connectivity index (χ1n) is 6.55. The number of hydrogen-bond donors (Lipinski definition) is 2. The molecular weight excluding hydrogens is 284 g/mol. The number of nitrogens with one attached hydrogen (secondary N) is 1. The van der Waals surface area contributed by atoms with E-state index in [1.807, 2.05) is 0 Å². The van der Waals surface area contributed by atoms with E-state index in [9.17, 15) is 9.59 Å². The van der Waals surface area contributed by atoms with Crippen molar-refractivity contribution in [3.05, 3.63) is 54.1 Å². The third-order valence-electron chi connectivity index (χ3n) is 2.81.